The van der Waals surface area contributed by atoms with E-state index in [2.05, 4.69) is 5.32 Å². The van der Waals surface area contributed by atoms with Gasteiger partial charge in [-0.05, 0) is 54.6 Å². The number of nitrogens with zero attached hydrogens (tertiary/aromatic N) is 2. The highest BCUT2D eigenvalue weighted by Gasteiger charge is 2.32. The maximum absolute atomic E-state index is 13.3. The molecule has 0 saturated heterocycles. The van der Waals surface area contributed by atoms with Crippen molar-refractivity contribution in [1.29, 1.82) is 0 Å². The van der Waals surface area contributed by atoms with Gasteiger partial charge in [-0.2, -0.15) is 0 Å². The van der Waals surface area contributed by atoms with E-state index in [1.807, 2.05) is 48.5 Å². The summed E-state index contributed by atoms with van der Waals surface area (Å²) >= 11 is 0. The molecule has 5 rings (SSSR count). The Labute approximate surface area is 189 Å². The Morgan fingerprint density at radius 1 is 0.909 bits per heavy atom. The first-order chi connectivity index (χ1) is 16.0. The molecule has 0 aliphatic carbocycles. The molecule has 0 unspecified atom stereocenters. The first-order valence-electron chi connectivity index (χ1n) is 10.3. The number of amides is 3. The quantitative estimate of drug-likeness (QED) is 0.479. The molecule has 1 aromatic heterocycles. The molecule has 7 heteroatoms. The van der Waals surface area contributed by atoms with E-state index in [1.165, 1.54) is 13.1 Å². The maximum Gasteiger partial charge on any atom is 0.261 e. The van der Waals surface area contributed by atoms with Gasteiger partial charge in [0.25, 0.3) is 17.7 Å². The van der Waals surface area contributed by atoms with Crippen molar-refractivity contribution in [1.82, 2.24) is 9.88 Å². The number of rotatable bonds is 4. The number of hydrogen-bond donors (Lipinski definition) is 1. The van der Waals surface area contributed by atoms with Gasteiger partial charge in [0.15, 0.2) is 0 Å². The molecule has 3 amide bonds. The topological polar surface area (TPSA) is 88.6 Å². The van der Waals surface area contributed by atoms with E-state index in [9.17, 15) is 14.4 Å². The molecule has 4 aromatic rings. The van der Waals surface area contributed by atoms with Crippen LogP contribution < -0.4 is 10.1 Å². The van der Waals surface area contributed by atoms with Crippen LogP contribution in [-0.2, 0) is 0 Å². The summed E-state index contributed by atoms with van der Waals surface area (Å²) in [4.78, 5) is 43.5. The number of nitrogens with one attached hydrogen (secondary N) is 1. The van der Waals surface area contributed by atoms with Crippen LogP contribution in [0.2, 0.25) is 0 Å². The van der Waals surface area contributed by atoms with Crippen LogP contribution in [0, 0.1) is 0 Å². The Balaban J connectivity index is 1.53. The lowest BCUT2D eigenvalue weighted by atomic mass is 10.0. The normalized spacial score (nSPS) is 12.7. The molecular formula is C26H19N3O4. The van der Waals surface area contributed by atoms with E-state index in [4.69, 9.17) is 9.72 Å². The first kappa shape index (κ1) is 20.4. The first-order valence-corrected chi connectivity index (χ1v) is 10.3. The molecule has 0 spiro atoms. The molecular weight excluding hydrogens is 418 g/mol. The number of pyridine rings is 1. The summed E-state index contributed by atoms with van der Waals surface area (Å²) < 4.78 is 5.22. The molecule has 33 heavy (non-hydrogen) atoms. The van der Waals surface area contributed by atoms with Gasteiger partial charge < -0.3 is 10.1 Å². The van der Waals surface area contributed by atoms with E-state index >= 15 is 0 Å². The predicted octanol–water partition coefficient (Wildman–Crippen LogP) is 4.39. The Bertz CT molecular complexity index is 1440. The zero-order chi connectivity index (χ0) is 23.1. The third-order valence-corrected chi connectivity index (χ3v) is 5.69. The fourth-order valence-electron chi connectivity index (χ4n) is 3.91. The number of fused-ring (bicyclic) bond motifs is 2. The Morgan fingerprint density at radius 2 is 1.64 bits per heavy atom. The van der Waals surface area contributed by atoms with Gasteiger partial charge in [-0.25, -0.2) is 4.98 Å². The highest BCUT2D eigenvalue weighted by molar-refractivity contribution is 6.22. The highest BCUT2D eigenvalue weighted by atomic mass is 16.5. The largest absolute Gasteiger partial charge is 0.497 e. The van der Waals surface area contributed by atoms with E-state index < -0.39 is 0 Å². The van der Waals surface area contributed by atoms with Crippen LogP contribution in [0.1, 0.15) is 31.1 Å². The third kappa shape index (κ3) is 3.49. The van der Waals surface area contributed by atoms with E-state index in [1.54, 1.807) is 25.3 Å². The number of hydrogen-bond acceptors (Lipinski definition) is 5. The number of para-hydroxylation sites is 1. The average molecular weight is 437 g/mol. The Hall–Kier alpha value is -4.52. The van der Waals surface area contributed by atoms with Crippen molar-refractivity contribution in [3.05, 3.63) is 89.5 Å². The van der Waals surface area contributed by atoms with Crippen LogP contribution in [0.15, 0.2) is 72.8 Å². The fraction of sp³-hybridized carbons (Fsp3) is 0.0769. The summed E-state index contributed by atoms with van der Waals surface area (Å²) in [6.07, 6.45) is 0. The second-order valence-electron chi connectivity index (χ2n) is 7.68. The number of ether oxygens (including phenoxy) is 1. The summed E-state index contributed by atoms with van der Waals surface area (Å²) in [5, 5.41) is 3.57. The van der Waals surface area contributed by atoms with Crippen molar-refractivity contribution >= 4 is 34.3 Å². The van der Waals surface area contributed by atoms with E-state index in [0.717, 1.165) is 16.2 Å². The van der Waals surface area contributed by atoms with Crippen LogP contribution in [-0.4, -0.2) is 41.8 Å². The number of anilines is 1. The van der Waals surface area contributed by atoms with Gasteiger partial charge in [-0.3, -0.25) is 19.3 Å². The number of carbonyl (C=O) groups is 3. The van der Waals surface area contributed by atoms with Gasteiger partial charge >= 0.3 is 0 Å². The van der Waals surface area contributed by atoms with Gasteiger partial charge in [-0.1, -0.05) is 18.2 Å². The zero-order valence-corrected chi connectivity index (χ0v) is 18.0. The summed E-state index contributed by atoms with van der Waals surface area (Å²) in [5.41, 5.74) is 3.68. The molecule has 162 valence electrons. The summed E-state index contributed by atoms with van der Waals surface area (Å²) in [6.45, 7) is 0. The van der Waals surface area contributed by atoms with Crippen LogP contribution in [0.25, 0.3) is 22.2 Å². The number of benzene rings is 3. The minimum atomic E-state index is -0.387. The monoisotopic (exact) mass is 437 g/mol. The molecule has 1 aliphatic rings. The van der Waals surface area contributed by atoms with E-state index in [-0.39, 0.29) is 23.3 Å². The fourth-order valence-corrected chi connectivity index (χ4v) is 3.91. The second kappa shape index (κ2) is 7.87. The van der Waals surface area contributed by atoms with Crippen LogP contribution in [0.5, 0.6) is 5.75 Å². The van der Waals surface area contributed by atoms with Crippen molar-refractivity contribution < 1.29 is 19.1 Å². The van der Waals surface area contributed by atoms with Crippen molar-refractivity contribution in [3.63, 3.8) is 0 Å². The van der Waals surface area contributed by atoms with Crippen molar-refractivity contribution in [3.8, 4) is 17.0 Å². The summed E-state index contributed by atoms with van der Waals surface area (Å²) in [7, 11) is 3.04. The Kier molecular flexibility index (Phi) is 4.86. The smallest absolute Gasteiger partial charge is 0.261 e. The molecule has 0 radical (unpaired) electrons. The maximum atomic E-state index is 13.3. The Morgan fingerprint density at radius 3 is 2.39 bits per heavy atom. The molecule has 0 bridgehead atoms. The number of carbonyl (C=O) groups excluding carboxylic acids is 3. The number of methoxy groups -OCH3 is 1. The minimum absolute atomic E-state index is 0.277. The molecule has 0 atom stereocenters. The van der Waals surface area contributed by atoms with Gasteiger partial charge in [0.05, 0.1) is 35.0 Å². The lowest BCUT2D eigenvalue weighted by Gasteiger charge is -2.11. The molecule has 0 saturated carbocycles. The van der Waals surface area contributed by atoms with Crippen LogP contribution in [0.3, 0.4) is 0 Å². The summed E-state index contributed by atoms with van der Waals surface area (Å²) in [6, 6.07) is 21.3. The van der Waals surface area contributed by atoms with Crippen molar-refractivity contribution in [2.24, 2.45) is 0 Å². The van der Waals surface area contributed by atoms with Gasteiger partial charge in [0.2, 0.25) is 0 Å². The lowest BCUT2D eigenvalue weighted by Crippen LogP contribution is -2.24. The average Bonchev–Trinajstić information content (AvgIpc) is 3.06. The molecule has 3 aromatic carbocycles. The summed E-state index contributed by atoms with van der Waals surface area (Å²) in [5.74, 6) is -0.347. The SMILES string of the molecule is COc1ccc(-c2cc(C(=O)Nc3ccc4c(c3)C(=O)N(C)C4=O)c3ccccc3n2)cc1. The lowest BCUT2D eigenvalue weighted by molar-refractivity contribution is 0.0692. The third-order valence-electron chi connectivity index (χ3n) is 5.69. The van der Waals surface area contributed by atoms with Gasteiger partial charge in [0.1, 0.15) is 5.75 Å². The van der Waals surface area contributed by atoms with Gasteiger partial charge in [-0.15, -0.1) is 0 Å². The molecule has 0 fully saturated rings. The molecule has 2 heterocycles. The zero-order valence-electron chi connectivity index (χ0n) is 18.0. The highest BCUT2D eigenvalue weighted by Crippen LogP contribution is 2.28. The predicted molar refractivity (Wildman–Crippen MR) is 125 cm³/mol. The number of imide groups is 1. The van der Waals surface area contributed by atoms with Gasteiger partial charge in [0, 0.05) is 23.7 Å². The second-order valence-corrected chi connectivity index (χ2v) is 7.68. The molecule has 1 N–H and O–H groups in total. The van der Waals surface area contributed by atoms with Crippen molar-refractivity contribution in [2.45, 2.75) is 0 Å². The standard InChI is InChI=1S/C26H19N3O4/c1-29-25(31)19-12-9-16(13-21(19)26(29)32)27-24(30)20-14-23(15-7-10-17(33-2)11-8-15)28-22-6-4-3-5-18(20)22/h3-14H,1-2H3,(H,27,30). The number of aromatic nitrogens is 1. The van der Waals surface area contributed by atoms with Crippen LogP contribution >= 0.6 is 0 Å². The van der Waals surface area contributed by atoms with E-state index in [0.29, 0.717) is 33.4 Å². The van der Waals surface area contributed by atoms with Crippen LogP contribution in [0.4, 0.5) is 5.69 Å². The molecule has 7 nitrogen and oxygen atoms in total. The molecule has 1 aliphatic heterocycles. The minimum Gasteiger partial charge on any atom is -0.497 e. The van der Waals surface area contributed by atoms with Crippen molar-refractivity contribution in [2.75, 3.05) is 19.5 Å².